The second kappa shape index (κ2) is 8.27. The summed E-state index contributed by atoms with van der Waals surface area (Å²) in [5.41, 5.74) is 4.60. The van der Waals surface area contributed by atoms with Gasteiger partial charge in [-0.1, -0.05) is 30.3 Å². The first kappa shape index (κ1) is 18.3. The van der Waals surface area contributed by atoms with E-state index < -0.39 is 0 Å². The van der Waals surface area contributed by atoms with E-state index in [0.717, 1.165) is 40.9 Å². The Hall–Kier alpha value is -3.12. The van der Waals surface area contributed by atoms with Crippen molar-refractivity contribution in [3.05, 3.63) is 66.2 Å². The van der Waals surface area contributed by atoms with Crippen LogP contribution in [0.15, 0.2) is 54.9 Å². The monoisotopic (exact) mass is 374 g/mol. The molecule has 1 saturated heterocycles. The van der Waals surface area contributed by atoms with Crippen LogP contribution < -0.4 is 5.32 Å². The largest absolute Gasteiger partial charge is 0.368 e. The van der Waals surface area contributed by atoms with Gasteiger partial charge in [0.1, 0.15) is 11.9 Å². The molecule has 0 radical (unpaired) electrons. The van der Waals surface area contributed by atoms with Crippen molar-refractivity contribution in [2.45, 2.75) is 32.4 Å². The van der Waals surface area contributed by atoms with Crippen LogP contribution in [0.25, 0.3) is 22.5 Å². The number of pyridine rings is 1. The molecule has 1 N–H and O–H groups in total. The minimum Gasteiger partial charge on any atom is -0.368 e. The van der Waals surface area contributed by atoms with Crippen molar-refractivity contribution >= 4 is 5.91 Å². The predicted molar refractivity (Wildman–Crippen MR) is 106 cm³/mol. The number of carbonyl (C=O) groups excluding carboxylic acids is 1. The zero-order valence-electron chi connectivity index (χ0n) is 15.8. The summed E-state index contributed by atoms with van der Waals surface area (Å²) in [6.07, 6.45) is 5.02. The molecule has 6 nitrogen and oxygen atoms in total. The lowest BCUT2D eigenvalue weighted by Gasteiger charge is -2.12. The van der Waals surface area contributed by atoms with Gasteiger partial charge in [-0.2, -0.15) is 0 Å². The maximum atomic E-state index is 12.1. The topological polar surface area (TPSA) is 77.0 Å². The summed E-state index contributed by atoms with van der Waals surface area (Å²) in [5.74, 6) is 0.674. The van der Waals surface area contributed by atoms with Gasteiger partial charge in [-0.25, -0.2) is 9.97 Å². The maximum Gasteiger partial charge on any atom is 0.249 e. The Morgan fingerprint density at radius 3 is 2.75 bits per heavy atom. The number of nitrogens with zero attached hydrogens (tertiary/aromatic N) is 3. The molecule has 0 bridgehead atoms. The third kappa shape index (κ3) is 4.07. The molecule has 1 aliphatic heterocycles. The molecule has 1 atom stereocenters. The van der Waals surface area contributed by atoms with Crippen molar-refractivity contribution in [2.75, 3.05) is 6.61 Å². The highest BCUT2D eigenvalue weighted by Gasteiger charge is 2.23. The highest BCUT2D eigenvalue weighted by molar-refractivity contribution is 5.81. The lowest BCUT2D eigenvalue weighted by molar-refractivity contribution is -0.130. The molecule has 0 unspecified atom stereocenters. The van der Waals surface area contributed by atoms with Gasteiger partial charge in [0.2, 0.25) is 5.91 Å². The number of carbonyl (C=O) groups is 1. The fourth-order valence-electron chi connectivity index (χ4n) is 3.27. The number of nitrogens with one attached hydrogen (secondary N) is 1. The highest BCUT2D eigenvalue weighted by atomic mass is 16.5. The van der Waals surface area contributed by atoms with Crippen molar-refractivity contribution < 1.29 is 9.53 Å². The van der Waals surface area contributed by atoms with Gasteiger partial charge in [0, 0.05) is 36.7 Å². The van der Waals surface area contributed by atoms with Crippen LogP contribution >= 0.6 is 0 Å². The maximum absolute atomic E-state index is 12.1. The van der Waals surface area contributed by atoms with E-state index >= 15 is 0 Å². The summed E-state index contributed by atoms with van der Waals surface area (Å²) in [7, 11) is 0. The van der Waals surface area contributed by atoms with Gasteiger partial charge >= 0.3 is 0 Å². The molecular weight excluding hydrogens is 352 g/mol. The standard InChI is InChI=1S/C22H22N4O2/c1-15-24-14-18(19-5-2-3-11-23-19)21(26-15)17-9-7-16(8-10-17)13-25-22(27)20-6-4-12-28-20/h2-3,5,7-11,14,20H,4,6,12-13H2,1H3,(H,25,27)/t20-/m0/s1. The SMILES string of the molecule is Cc1ncc(-c2ccccn2)c(-c2ccc(CNC(=O)[C@@H]3CCCO3)cc2)n1. The number of hydrogen-bond donors (Lipinski definition) is 1. The predicted octanol–water partition coefficient (Wildman–Crippen LogP) is 3.31. The van der Waals surface area contributed by atoms with Gasteiger partial charge in [0.05, 0.1) is 11.4 Å². The fourth-order valence-corrected chi connectivity index (χ4v) is 3.27. The van der Waals surface area contributed by atoms with Gasteiger partial charge in [-0.15, -0.1) is 0 Å². The van der Waals surface area contributed by atoms with Crippen molar-refractivity contribution in [3.63, 3.8) is 0 Å². The molecule has 0 aliphatic carbocycles. The van der Waals surface area contributed by atoms with Crippen LogP contribution in [0.2, 0.25) is 0 Å². The zero-order valence-corrected chi connectivity index (χ0v) is 15.8. The van der Waals surface area contributed by atoms with Gasteiger partial charge in [0.15, 0.2) is 0 Å². The van der Waals surface area contributed by atoms with E-state index in [1.807, 2.05) is 55.6 Å². The highest BCUT2D eigenvalue weighted by Crippen LogP contribution is 2.28. The Balaban J connectivity index is 1.52. The zero-order chi connectivity index (χ0) is 19.3. The van der Waals surface area contributed by atoms with E-state index in [2.05, 4.69) is 20.3 Å². The van der Waals surface area contributed by atoms with Crippen LogP contribution in [-0.2, 0) is 16.1 Å². The smallest absolute Gasteiger partial charge is 0.249 e. The first-order valence-corrected chi connectivity index (χ1v) is 9.44. The van der Waals surface area contributed by atoms with E-state index in [-0.39, 0.29) is 12.0 Å². The summed E-state index contributed by atoms with van der Waals surface area (Å²) in [5, 5.41) is 2.95. The van der Waals surface area contributed by atoms with E-state index in [9.17, 15) is 4.79 Å². The number of hydrogen-bond acceptors (Lipinski definition) is 5. The quantitative estimate of drug-likeness (QED) is 0.741. The number of benzene rings is 1. The Labute approximate surface area is 164 Å². The molecule has 1 amide bonds. The molecule has 1 aromatic carbocycles. The molecule has 1 aliphatic rings. The van der Waals surface area contributed by atoms with E-state index in [1.165, 1.54) is 0 Å². The summed E-state index contributed by atoms with van der Waals surface area (Å²) in [6, 6.07) is 13.8. The van der Waals surface area contributed by atoms with Crippen LogP contribution in [0.5, 0.6) is 0 Å². The lowest BCUT2D eigenvalue weighted by Crippen LogP contribution is -2.33. The molecule has 3 aromatic rings. The molecule has 28 heavy (non-hydrogen) atoms. The molecule has 142 valence electrons. The summed E-state index contributed by atoms with van der Waals surface area (Å²) in [4.78, 5) is 25.5. The number of amides is 1. The van der Waals surface area contributed by atoms with Gasteiger partial charge in [-0.3, -0.25) is 9.78 Å². The normalized spacial score (nSPS) is 16.1. The van der Waals surface area contributed by atoms with E-state index in [4.69, 9.17) is 4.74 Å². The minimum atomic E-state index is -0.302. The fraction of sp³-hybridized carbons (Fsp3) is 0.273. The van der Waals surface area contributed by atoms with Gasteiger partial charge in [0.25, 0.3) is 0 Å². The Morgan fingerprint density at radius 1 is 1.18 bits per heavy atom. The minimum absolute atomic E-state index is 0.0366. The Morgan fingerprint density at radius 2 is 2.04 bits per heavy atom. The van der Waals surface area contributed by atoms with E-state index in [0.29, 0.717) is 19.0 Å². The van der Waals surface area contributed by atoms with Crippen molar-refractivity contribution in [3.8, 4) is 22.5 Å². The van der Waals surface area contributed by atoms with E-state index in [1.54, 1.807) is 6.20 Å². The van der Waals surface area contributed by atoms with Crippen LogP contribution in [0, 0.1) is 6.92 Å². The third-order valence-corrected chi connectivity index (χ3v) is 4.77. The third-order valence-electron chi connectivity index (χ3n) is 4.77. The van der Waals surface area contributed by atoms with Crippen LogP contribution in [-0.4, -0.2) is 33.6 Å². The molecule has 0 spiro atoms. The number of aromatic nitrogens is 3. The molecule has 6 heteroatoms. The second-order valence-corrected chi connectivity index (χ2v) is 6.81. The van der Waals surface area contributed by atoms with Crippen molar-refractivity contribution in [1.82, 2.24) is 20.3 Å². The summed E-state index contributed by atoms with van der Waals surface area (Å²) < 4.78 is 5.41. The molecule has 0 saturated carbocycles. The number of aryl methyl sites for hydroxylation is 1. The van der Waals surface area contributed by atoms with Crippen molar-refractivity contribution in [2.24, 2.45) is 0 Å². The molecule has 1 fully saturated rings. The summed E-state index contributed by atoms with van der Waals surface area (Å²) >= 11 is 0. The van der Waals surface area contributed by atoms with Crippen LogP contribution in [0.3, 0.4) is 0 Å². The second-order valence-electron chi connectivity index (χ2n) is 6.81. The van der Waals surface area contributed by atoms with Crippen LogP contribution in [0.1, 0.15) is 24.2 Å². The summed E-state index contributed by atoms with van der Waals surface area (Å²) in [6.45, 7) is 3.03. The molecule has 2 aromatic heterocycles. The first-order valence-electron chi connectivity index (χ1n) is 9.44. The number of ether oxygens (including phenoxy) is 1. The first-order chi connectivity index (χ1) is 13.7. The molecular formula is C22H22N4O2. The van der Waals surface area contributed by atoms with Gasteiger partial charge < -0.3 is 10.1 Å². The van der Waals surface area contributed by atoms with Crippen molar-refractivity contribution in [1.29, 1.82) is 0 Å². The van der Waals surface area contributed by atoms with Crippen LogP contribution in [0.4, 0.5) is 0 Å². The average molecular weight is 374 g/mol. The van der Waals surface area contributed by atoms with Gasteiger partial charge in [-0.05, 0) is 37.5 Å². The average Bonchev–Trinajstić information content (AvgIpc) is 3.28. The molecule has 4 rings (SSSR count). The lowest BCUT2D eigenvalue weighted by atomic mass is 10.0. The Kier molecular flexibility index (Phi) is 5.39. The molecule has 3 heterocycles. The number of rotatable bonds is 5. The Bertz CT molecular complexity index is 952.